The molecule has 0 unspecified atom stereocenters. The Morgan fingerprint density at radius 3 is 2.32 bits per heavy atom. The molecule has 1 aromatic heterocycles. The fourth-order valence-electron chi connectivity index (χ4n) is 4.03. The highest BCUT2D eigenvalue weighted by atomic mass is 16.5. The van der Waals surface area contributed by atoms with E-state index in [1.54, 1.807) is 48.7 Å². The van der Waals surface area contributed by atoms with Crippen LogP contribution in [0.1, 0.15) is 55.8 Å². The molecule has 6 heteroatoms. The molecule has 0 aliphatic carbocycles. The maximum atomic E-state index is 13.2. The Balaban J connectivity index is 1.83. The van der Waals surface area contributed by atoms with Crippen molar-refractivity contribution in [3.8, 4) is 5.75 Å². The molecular weight excluding hydrogens is 428 g/mol. The minimum atomic E-state index is -0.799. The number of aliphatic hydroxyl groups excluding tert-OH is 1. The second-order valence-corrected chi connectivity index (χ2v) is 8.55. The first kappa shape index (κ1) is 23.2. The van der Waals surface area contributed by atoms with Gasteiger partial charge in [-0.3, -0.25) is 14.5 Å². The fourth-order valence-corrected chi connectivity index (χ4v) is 4.03. The monoisotopic (exact) mass is 456 g/mol. The molecule has 2 heterocycles. The molecule has 0 saturated carbocycles. The first-order valence-electron chi connectivity index (χ1n) is 11.5. The number of aliphatic hydroxyl groups is 1. The number of amides is 1. The number of anilines is 1. The minimum Gasteiger partial charge on any atom is -0.507 e. The van der Waals surface area contributed by atoms with Gasteiger partial charge in [-0.25, -0.2) is 4.98 Å². The van der Waals surface area contributed by atoms with Crippen LogP contribution in [0.15, 0.2) is 78.5 Å². The van der Waals surface area contributed by atoms with Gasteiger partial charge >= 0.3 is 5.91 Å². The van der Waals surface area contributed by atoms with Crippen molar-refractivity contribution in [2.75, 3.05) is 11.5 Å². The van der Waals surface area contributed by atoms with Crippen molar-refractivity contribution in [2.24, 2.45) is 0 Å². The molecule has 0 radical (unpaired) electrons. The van der Waals surface area contributed by atoms with Gasteiger partial charge in [0.15, 0.2) is 0 Å². The smallest absolute Gasteiger partial charge is 0.301 e. The standard InChI is InChI=1S/C28H28N2O4/c1-4-17-34-22-14-12-21(13-15-22)26(31)24-25(20-10-8-19(9-11-20)18(2)3)30(28(33)27(24)32)23-7-5-6-16-29-23/h5-16,18,25,31H,4,17H2,1-3H3/b26-24+/t25-/m1/s1. The summed E-state index contributed by atoms with van der Waals surface area (Å²) >= 11 is 0. The second kappa shape index (κ2) is 9.91. The van der Waals surface area contributed by atoms with E-state index in [2.05, 4.69) is 18.8 Å². The molecule has 4 rings (SSSR count). The van der Waals surface area contributed by atoms with E-state index in [0.717, 1.165) is 17.5 Å². The number of nitrogens with zero attached hydrogens (tertiary/aromatic N) is 2. The zero-order valence-corrected chi connectivity index (χ0v) is 19.6. The van der Waals surface area contributed by atoms with Gasteiger partial charge in [0.2, 0.25) is 0 Å². The molecule has 1 N–H and O–H groups in total. The van der Waals surface area contributed by atoms with E-state index in [1.165, 1.54) is 4.90 Å². The van der Waals surface area contributed by atoms with Crippen LogP contribution in [0.3, 0.4) is 0 Å². The fraction of sp³-hybridized carbons (Fsp3) is 0.250. The Labute approximate surface area is 199 Å². The highest BCUT2D eigenvalue weighted by Crippen LogP contribution is 2.41. The number of hydrogen-bond donors (Lipinski definition) is 1. The number of ether oxygens (including phenoxy) is 1. The zero-order chi connectivity index (χ0) is 24.2. The summed E-state index contributed by atoms with van der Waals surface area (Å²) in [6, 6.07) is 19.0. The predicted molar refractivity (Wildman–Crippen MR) is 132 cm³/mol. The molecule has 1 aliphatic heterocycles. The summed E-state index contributed by atoms with van der Waals surface area (Å²) in [5, 5.41) is 11.2. The predicted octanol–water partition coefficient (Wildman–Crippen LogP) is 5.62. The highest BCUT2D eigenvalue weighted by molar-refractivity contribution is 6.51. The van der Waals surface area contributed by atoms with Crippen LogP contribution in [0.4, 0.5) is 5.82 Å². The third-order valence-corrected chi connectivity index (χ3v) is 5.86. The van der Waals surface area contributed by atoms with Crippen molar-refractivity contribution in [1.82, 2.24) is 4.98 Å². The summed E-state index contributed by atoms with van der Waals surface area (Å²) in [5.41, 5.74) is 2.33. The van der Waals surface area contributed by atoms with Gasteiger partial charge in [0.25, 0.3) is 5.78 Å². The van der Waals surface area contributed by atoms with Crippen LogP contribution in [-0.2, 0) is 9.59 Å². The van der Waals surface area contributed by atoms with Crippen molar-refractivity contribution in [1.29, 1.82) is 0 Å². The molecule has 6 nitrogen and oxygen atoms in total. The Hall–Kier alpha value is -3.93. The Kier molecular flexibility index (Phi) is 6.77. The van der Waals surface area contributed by atoms with E-state index in [4.69, 9.17) is 4.74 Å². The Bertz CT molecular complexity index is 1200. The first-order valence-corrected chi connectivity index (χ1v) is 11.5. The number of carbonyl (C=O) groups excluding carboxylic acids is 2. The van der Waals surface area contributed by atoms with E-state index in [1.807, 2.05) is 31.2 Å². The lowest BCUT2D eigenvalue weighted by molar-refractivity contribution is -0.132. The summed E-state index contributed by atoms with van der Waals surface area (Å²) in [6.45, 7) is 6.81. The number of pyridine rings is 1. The largest absolute Gasteiger partial charge is 0.507 e. The Morgan fingerprint density at radius 2 is 1.74 bits per heavy atom. The van der Waals surface area contributed by atoms with Gasteiger partial charge < -0.3 is 9.84 Å². The first-order chi connectivity index (χ1) is 16.4. The topological polar surface area (TPSA) is 79.7 Å². The molecule has 1 saturated heterocycles. The number of carbonyl (C=O) groups is 2. The van der Waals surface area contributed by atoms with Gasteiger partial charge in [-0.1, -0.05) is 51.1 Å². The van der Waals surface area contributed by atoms with Crippen molar-refractivity contribution in [3.05, 3.63) is 95.2 Å². The lowest BCUT2D eigenvalue weighted by atomic mass is 9.93. The van der Waals surface area contributed by atoms with Crippen LogP contribution in [-0.4, -0.2) is 28.4 Å². The third kappa shape index (κ3) is 4.44. The Morgan fingerprint density at radius 1 is 1.03 bits per heavy atom. The van der Waals surface area contributed by atoms with Crippen molar-refractivity contribution in [3.63, 3.8) is 0 Å². The number of aromatic nitrogens is 1. The van der Waals surface area contributed by atoms with Gasteiger partial charge in [0.1, 0.15) is 17.3 Å². The lowest BCUT2D eigenvalue weighted by Gasteiger charge is -2.24. The van der Waals surface area contributed by atoms with Crippen LogP contribution in [0, 0.1) is 0 Å². The average molecular weight is 457 g/mol. The summed E-state index contributed by atoms with van der Waals surface area (Å²) in [6.07, 6.45) is 2.46. The second-order valence-electron chi connectivity index (χ2n) is 8.55. The molecule has 1 fully saturated rings. The van der Waals surface area contributed by atoms with E-state index < -0.39 is 17.7 Å². The van der Waals surface area contributed by atoms with Crippen molar-refractivity contribution < 1.29 is 19.4 Å². The summed E-state index contributed by atoms with van der Waals surface area (Å²) in [4.78, 5) is 32.0. The summed E-state index contributed by atoms with van der Waals surface area (Å²) < 4.78 is 5.61. The van der Waals surface area contributed by atoms with Crippen LogP contribution in [0.5, 0.6) is 5.75 Å². The number of rotatable bonds is 7. The molecule has 0 bridgehead atoms. The molecule has 0 spiro atoms. The molecule has 1 atom stereocenters. The van der Waals surface area contributed by atoms with E-state index in [-0.39, 0.29) is 11.3 Å². The molecule has 34 heavy (non-hydrogen) atoms. The molecule has 174 valence electrons. The maximum absolute atomic E-state index is 13.2. The molecule has 3 aromatic rings. The van der Waals surface area contributed by atoms with Crippen LogP contribution >= 0.6 is 0 Å². The molecule has 1 aliphatic rings. The van der Waals surface area contributed by atoms with E-state index in [0.29, 0.717) is 29.7 Å². The molecule has 2 aromatic carbocycles. The normalized spacial score (nSPS) is 17.4. The van der Waals surface area contributed by atoms with Crippen LogP contribution in [0.2, 0.25) is 0 Å². The SMILES string of the molecule is CCCOc1ccc(/C(O)=C2\C(=O)C(=O)N(c3ccccn3)[C@@H]2c2ccc(C(C)C)cc2)cc1. The quantitative estimate of drug-likeness (QED) is 0.284. The summed E-state index contributed by atoms with van der Waals surface area (Å²) in [5.74, 6) is -0.326. The lowest BCUT2D eigenvalue weighted by Crippen LogP contribution is -2.30. The van der Waals surface area contributed by atoms with Crippen molar-refractivity contribution >= 4 is 23.3 Å². The van der Waals surface area contributed by atoms with Crippen LogP contribution in [0.25, 0.3) is 5.76 Å². The van der Waals surface area contributed by atoms with Crippen LogP contribution < -0.4 is 9.64 Å². The summed E-state index contributed by atoms with van der Waals surface area (Å²) in [7, 11) is 0. The van der Waals surface area contributed by atoms with E-state index in [9.17, 15) is 14.7 Å². The number of Topliss-reactive ketones (excluding diaryl/α,β-unsaturated/α-hetero) is 1. The number of ketones is 1. The number of hydrogen-bond acceptors (Lipinski definition) is 5. The van der Waals surface area contributed by atoms with Gasteiger partial charge in [0, 0.05) is 11.8 Å². The zero-order valence-electron chi connectivity index (χ0n) is 19.6. The van der Waals surface area contributed by atoms with Gasteiger partial charge in [-0.15, -0.1) is 0 Å². The highest BCUT2D eigenvalue weighted by Gasteiger charge is 2.47. The molecular formula is C28H28N2O4. The van der Waals surface area contributed by atoms with E-state index >= 15 is 0 Å². The van der Waals surface area contributed by atoms with Gasteiger partial charge in [0.05, 0.1) is 18.2 Å². The van der Waals surface area contributed by atoms with Gasteiger partial charge in [-0.2, -0.15) is 0 Å². The third-order valence-electron chi connectivity index (χ3n) is 5.86. The average Bonchev–Trinajstić information content (AvgIpc) is 3.13. The molecule has 1 amide bonds. The maximum Gasteiger partial charge on any atom is 0.301 e. The number of benzene rings is 2. The van der Waals surface area contributed by atoms with Crippen molar-refractivity contribution in [2.45, 2.75) is 39.2 Å². The van der Waals surface area contributed by atoms with Gasteiger partial charge in [-0.05, 0) is 59.9 Å². The minimum absolute atomic E-state index is 0.0372.